The first-order valence-corrected chi connectivity index (χ1v) is 7.84. The molecule has 0 saturated carbocycles. The highest BCUT2D eigenvalue weighted by atomic mass is 35.5. The van der Waals surface area contributed by atoms with Gasteiger partial charge in [0, 0.05) is 23.9 Å². The molecule has 106 valence electrons. The number of carbonyl (C=O) groups is 1. The van der Waals surface area contributed by atoms with Gasteiger partial charge in [0.2, 0.25) is 0 Å². The maximum absolute atomic E-state index is 12.5. The number of hydrogen-bond donors (Lipinski definition) is 2. The number of thioether (sulfide) groups is 1. The molecule has 19 heavy (non-hydrogen) atoms. The first kappa shape index (κ1) is 16.1. The van der Waals surface area contributed by atoms with Crippen molar-refractivity contribution in [2.75, 3.05) is 24.5 Å². The van der Waals surface area contributed by atoms with Crippen LogP contribution < -0.4 is 11.3 Å². The number of benzene rings is 1. The molecule has 6 heteroatoms. The van der Waals surface area contributed by atoms with Crippen molar-refractivity contribution >= 4 is 35.0 Å². The topological polar surface area (TPSA) is 58.4 Å². The average Bonchev–Trinajstić information content (AvgIpc) is 2.43. The molecule has 1 rings (SSSR count). The van der Waals surface area contributed by atoms with Gasteiger partial charge in [-0.05, 0) is 30.9 Å². The number of carbonyl (C=O) groups excluding carboxylic acids is 1. The van der Waals surface area contributed by atoms with E-state index < -0.39 is 0 Å². The van der Waals surface area contributed by atoms with Gasteiger partial charge in [-0.15, -0.1) is 0 Å². The monoisotopic (exact) mass is 301 g/mol. The van der Waals surface area contributed by atoms with Crippen LogP contribution in [0.15, 0.2) is 18.2 Å². The van der Waals surface area contributed by atoms with Crippen LogP contribution in [0.5, 0.6) is 0 Å². The fourth-order valence-corrected chi connectivity index (χ4v) is 2.89. The number of nitrogens with two attached hydrogens (primary N) is 1. The summed E-state index contributed by atoms with van der Waals surface area (Å²) in [5.41, 5.74) is 3.62. The van der Waals surface area contributed by atoms with E-state index in [1.807, 2.05) is 13.3 Å². The van der Waals surface area contributed by atoms with Crippen LogP contribution in [-0.2, 0) is 0 Å². The van der Waals surface area contributed by atoms with Crippen LogP contribution in [0, 0.1) is 0 Å². The second-order valence-corrected chi connectivity index (χ2v) is 5.61. The summed E-state index contributed by atoms with van der Waals surface area (Å²) in [6.45, 7) is 2.07. The Kier molecular flexibility index (Phi) is 6.48. The van der Waals surface area contributed by atoms with E-state index in [9.17, 15) is 4.79 Å². The van der Waals surface area contributed by atoms with Gasteiger partial charge in [0.15, 0.2) is 0 Å². The molecule has 0 spiro atoms. The zero-order valence-corrected chi connectivity index (χ0v) is 13.0. The molecule has 1 aromatic carbocycles. The lowest BCUT2D eigenvalue weighted by molar-refractivity contribution is 0.0744. The van der Waals surface area contributed by atoms with Gasteiger partial charge in [-0.2, -0.15) is 11.8 Å². The Balaban J connectivity index is 3.01. The third kappa shape index (κ3) is 4.03. The summed E-state index contributed by atoms with van der Waals surface area (Å²) < 4.78 is 0. The molecular weight excluding hydrogens is 282 g/mol. The van der Waals surface area contributed by atoms with E-state index in [-0.39, 0.29) is 11.9 Å². The number of nitrogen functional groups attached to an aromatic ring is 1. The third-order valence-corrected chi connectivity index (χ3v) is 4.02. The van der Waals surface area contributed by atoms with Crippen LogP contribution >= 0.6 is 23.4 Å². The van der Waals surface area contributed by atoms with Crippen molar-refractivity contribution in [3.63, 3.8) is 0 Å². The summed E-state index contributed by atoms with van der Waals surface area (Å²) in [6.07, 6.45) is 2.95. The lowest BCUT2D eigenvalue weighted by atomic mass is 10.1. The average molecular weight is 302 g/mol. The fourth-order valence-electron chi connectivity index (χ4n) is 1.87. The Morgan fingerprint density at radius 2 is 2.26 bits per heavy atom. The van der Waals surface area contributed by atoms with Gasteiger partial charge < -0.3 is 10.3 Å². The van der Waals surface area contributed by atoms with Gasteiger partial charge in [0.1, 0.15) is 0 Å². The SMILES string of the molecule is CCC(CSC)N(C)C(=O)c1cc(Cl)ccc1NN. The maximum Gasteiger partial charge on any atom is 0.256 e. The highest BCUT2D eigenvalue weighted by molar-refractivity contribution is 7.98. The summed E-state index contributed by atoms with van der Waals surface area (Å²) in [5.74, 6) is 6.27. The second-order valence-electron chi connectivity index (χ2n) is 4.27. The van der Waals surface area contributed by atoms with Crippen molar-refractivity contribution in [3.8, 4) is 0 Å². The Labute approximate surface area is 123 Å². The number of amides is 1. The first-order chi connectivity index (χ1) is 9.04. The maximum atomic E-state index is 12.5. The lowest BCUT2D eigenvalue weighted by Crippen LogP contribution is -2.38. The molecule has 0 bridgehead atoms. The smallest absolute Gasteiger partial charge is 0.256 e. The van der Waals surface area contributed by atoms with Gasteiger partial charge in [0.25, 0.3) is 5.91 Å². The number of rotatable bonds is 6. The van der Waals surface area contributed by atoms with E-state index in [2.05, 4.69) is 12.3 Å². The minimum atomic E-state index is -0.0728. The summed E-state index contributed by atoms with van der Waals surface area (Å²) >= 11 is 7.68. The molecule has 0 aliphatic heterocycles. The standard InChI is InChI=1S/C13H20ClN3OS/c1-4-10(8-19-3)17(2)13(18)11-7-9(14)5-6-12(11)16-15/h5-7,10,16H,4,8,15H2,1-3H3. The molecule has 0 aliphatic carbocycles. The van der Waals surface area contributed by atoms with E-state index >= 15 is 0 Å². The van der Waals surface area contributed by atoms with Crippen LogP contribution in [0.2, 0.25) is 5.02 Å². The number of nitrogens with one attached hydrogen (secondary N) is 1. The minimum Gasteiger partial charge on any atom is -0.338 e. The minimum absolute atomic E-state index is 0.0728. The van der Waals surface area contributed by atoms with E-state index in [0.717, 1.165) is 12.2 Å². The quantitative estimate of drug-likeness (QED) is 0.626. The largest absolute Gasteiger partial charge is 0.338 e. The molecule has 0 aromatic heterocycles. The zero-order chi connectivity index (χ0) is 14.4. The van der Waals surface area contributed by atoms with Gasteiger partial charge in [-0.1, -0.05) is 18.5 Å². The highest BCUT2D eigenvalue weighted by Gasteiger charge is 2.21. The predicted molar refractivity (Wildman–Crippen MR) is 83.8 cm³/mol. The summed E-state index contributed by atoms with van der Waals surface area (Å²) in [6, 6.07) is 5.25. The van der Waals surface area contributed by atoms with E-state index in [1.54, 1.807) is 34.9 Å². The molecule has 1 atom stereocenters. The molecule has 1 unspecified atom stereocenters. The molecule has 1 amide bonds. The molecule has 0 radical (unpaired) electrons. The lowest BCUT2D eigenvalue weighted by Gasteiger charge is -2.27. The Morgan fingerprint density at radius 1 is 1.58 bits per heavy atom. The third-order valence-electron chi connectivity index (χ3n) is 3.07. The van der Waals surface area contributed by atoms with Crippen molar-refractivity contribution in [1.82, 2.24) is 4.90 Å². The van der Waals surface area contributed by atoms with Crippen LogP contribution in [0.4, 0.5) is 5.69 Å². The summed E-state index contributed by atoms with van der Waals surface area (Å²) in [4.78, 5) is 14.3. The number of hydrogen-bond acceptors (Lipinski definition) is 4. The van der Waals surface area contributed by atoms with E-state index in [0.29, 0.717) is 16.3 Å². The Hall–Kier alpha value is -0.910. The number of hydrazine groups is 1. The molecule has 0 saturated heterocycles. The molecule has 3 N–H and O–H groups in total. The predicted octanol–water partition coefficient (Wildman–Crippen LogP) is 2.84. The summed E-state index contributed by atoms with van der Waals surface area (Å²) in [5, 5.41) is 0.522. The number of anilines is 1. The van der Waals surface area contributed by atoms with E-state index in [1.165, 1.54) is 0 Å². The Bertz CT molecular complexity index is 442. The second kappa shape index (κ2) is 7.62. The molecule has 4 nitrogen and oxygen atoms in total. The molecule has 0 fully saturated rings. The highest BCUT2D eigenvalue weighted by Crippen LogP contribution is 2.22. The molecular formula is C13H20ClN3OS. The van der Waals surface area contributed by atoms with Gasteiger partial charge in [0.05, 0.1) is 11.3 Å². The van der Waals surface area contributed by atoms with Crippen LogP contribution in [-0.4, -0.2) is 35.9 Å². The van der Waals surface area contributed by atoms with Gasteiger partial charge in [-0.25, -0.2) is 0 Å². The van der Waals surface area contributed by atoms with Crippen molar-refractivity contribution < 1.29 is 4.79 Å². The van der Waals surface area contributed by atoms with Gasteiger partial charge >= 0.3 is 0 Å². The van der Waals surface area contributed by atoms with Crippen LogP contribution in [0.3, 0.4) is 0 Å². The van der Waals surface area contributed by atoms with Crippen molar-refractivity contribution in [2.24, 2.45) is 5.84 Å². The fraction of sp³-hybridized carbons (Fsp3) is 0.462. The van der Waals surface area contributed by atoms with Gasteiger partial charge in [-0.3, -0.25) is 10.6 Å². The van der Waals surface area contributed by atoms with Crippen molar-refractivity contribution in [3.05, 3.63) is 28.8 Å². The summed E-state index contributed by atoms with van der Waals surface area (Å²) in [7, 11) is 1.81. The zero-order valence-electron chi connectivity index (χ0n) is 11.4. The van der Waals surface area contributed by atoms with Crippen molar-refractivity contribution in [1.29, 1.82) is 0 Å². The molecule has 0 heterocycles. The molecule has 1 aromatic rings. The Morgan fingerprint density at radius 3 is 2.79 bits per heavy atom. The van der Waals surface area contributed by atoms with Crippen LogP contribution in [0.1, 0.15) is 23.7 Å². The normalized spacial score (nSPS) is 12.1. The van der Waals surface area contributed by atoms with E-state index in [4.69, 9.17) is 17.4 Å². The molecule has 0 aliphatic rings. The first-order valence-electron chi connectivity index (χ1n) is 6.07. The number of nitrogens with zero attached hydrogens (tertiary/aromatic N) is 1. The van der Waals surface area contributed by atoms with Crippen molar-refractivity contribution in [2.45, 2.75) is 19.4 Å². The van der Waals surface area contributed by atoms with Crippen LogP contribution in [0.25, 0.3) is 0 Å². The number of halogens is 1.